The maximum Gasteiger partial charge on any atom is 0.348 e. The van der Waals surface area contributed by atoms with Gasteiger partial charge < -0.3 is 14.8 Å². The summed E-state index contributed by atoms with van der Waals surface area (Å²) >= 11 is 0.994. The predicted octanol–water partition coefficient (Wildman–Crippen LogP) is 4.43. The van der Waals surface area contributed by atoms with Gasteiger partial charge in [0.25, 0.3) is 5.91 Å². The molecule has 2 aromatic carbocycles. The number of rotatable bonds is 5. The van der Waals surface area contributed by atoms with Crippen molar-refractivity contribution in [2.45, 2.75) is 13.8 Å². The van der Waals surface area contributed by atoms with E-state index in [1.807, 2.05) is 30.3 Å². The minimum atomic E-state index is -0.598. The Hall–Kier alpha value is -3.19. The van der Waals surface area contributed by atoms with Crippen LogP contribution in [-0.4, -0.2) is 31.6 Å². The number of fused-ring (bicyclic) bond motifs is 1. The van der Waals surface area contributed by atoms with E-state index >= 15 is 0 Å². The molecule has 28 heavy (non-hydrogen) atoms. The van der Waals surface area contributed by atoms with Gasteiger partial charge in [0.2, 0.25) is 0 Å². The first-order valence-electron chi connectivity index (χ1n) is 8.65. The molecule has 1 N–H and O–H groups in total. The molecule has 144 valence electrons. The summed E-state index contributed by atoms with van der Waals surface area (Å²) in [5, 5.41) is 4.75. The van der Waals surface area contributed by atoms with Crippen LogP contribution >= 0.6 is 11.3 Å². The zero-order valence-corrected chi connectivity index (χ0v) is 16.5. The number of ether oxygens (including phenoxy) is 2. The number of hydrogen-bond donors (Lipinski definition) is 1. The number of nitrogens with one attached hydrogen (secondary N) is 1. The van der Waals surface area contributed by atoms with Crippen LogP contribution in [0, 0.1) is 6.92 Å². The SMILES string of the molecule is CCOC(=O)c1c(NC(=O)c2cccc3ccccc23)sc(C(=O)OC)c1C. The lowest BCUT2D eigenvalue weighted by Crippen LogP contribution is -2.15. The number of thiophene rings is 1. The van der Waals surface area contributed by atoms with Crippen molar-refractivity contribution in [2.24, 2.45) is 0 Å². The Kier molecular flexibility index (Phi) is 5.75. The summed E-state index contributed by atoms with van der Waals surface area (Å²) < 4.78 is 9.88. The molecule has 0 atom stereocenters. The van der Waals surface area contributed by atoms with Crippen LogP contribution in [-0.2, 0) is 9.47 Å². The summed E-state index contributed by atoms with van der Waals surface area (Å²) in [6, 6.07) is 13.0. The Labute approximate surface area is 166 Å². The Morgan fingerprint density at radius 2 is 1.75 bits per heavy atom. The summed E-state index contributed by atoms with van der Waals surface area (Å²) in [6.07, 6.45) is 0. The molecule has 3 rings (SSSR count). The highest BCUT2D eigenvalue weighted by Gasteiger charge is 2.27. The van der Waals surface area contributed by atoms with Crippen LogP contribution < -0.4 is 5.32 Å². The summed E-state index contributed by atoms with van der Waals surface area (Å²) in [6.45, 7) is 3.50. The van der Waals surface area contributed by atoms with Gasteiger partial charge in [0.15, 0.2) is 0 Å². The first kappa shape index (κ1) is 19.6. The molecule has 0 unspecified atom stereocenters. The number of carbonyl (C=O) groups is 3. The van der Waals surface area contributed by atoms with E-state index in [1.54, 1.807) is 26.0 Å². The number of carbonyl (C=O) groups excluding carboxylic acids is 3. The van der Waals surface area contributed by atoms with Gasteiger partial charge in [-0.2, -0.15) is 0 Å². The van der Waals surface area contributed by atoms with Crippen LogP contribution in [0.3, 0.4) is 0 Å². The van der Waals surface area contributed by atoms with Crippen LogP contribution in [0.4, 0.5) is 5.00 Å². The number of methoxy groups -OCH3 is 1. The highest BCUT2D eigenvalue weighted by molar-refractivity contribution is 7.18. The van der Waals surface area contributed by atoms with Crippen LogP contribution in [0.1, 0.15) is 42.9 Å². The molecule has 1 aromatic heterocycles. The topological polar surface area (TPSA) is 81.7 Å². The van der Waals surface area contributed by atoms with E-state index in [0.29, 0.717) is 11.1 Å². The Balaban J connectivity index is 2.04. The average molecular weight is 397 g/mol. The van der Waals surface area contributed by atoms with E-state index in [4.69, 9.17) is 9.47 Å². The number of benzene rings is 2. The fourth-order valence-corrected chi connectivity index (χ4v) is 4.04. The number of hydrogen-bond acceptors (Lipinski definition) is 6. The van der Waals surface area contributed by atoms with Crippen molar-refractivity contribution < 1.29 is 23.9 Å². The van der Waals surface area contributed by atoms with E-state index in [-0.39, 0.29) is 28.0 Å². The molecule has 0 aliphatic carbocycles. The molecule has 1 heterocycles. The second kappa shape index (κ2) is 8.22. The summed E-state index contributed by atoms with van der Waals surface area (Å²) in [5.41, 5.74) is 1.06. The van der Waals surface area contributed by atoms with Gasteiger partial charge in [-0.1, -0.05) is 36.4 Å². The van der Waals surface area contributed by atoms with Crippen molar-refractivity contribution in [3.8, 4) is 0 Å². The van der Waals surface area contributed by atoms with Crippen molar-refractivity contribution in [2.75, 3.05) is 19.0 Å². The second-order valence-corrected chi connectivity index (χ2v) is 6.97. The van der Waals surface area contributed by atoms with Gasteiger partial charge in [-0.25, -0.2) is 9.59 Å². The highest BCUT2D eigenvalue weighted by Crippen LogP contribution is 2.35. The molecule has 7 heteroatoms. The Bertz CT molecular complexity index is 1060. The van der Waals surface area contributed by atoms with Crippen LogP contribution in [0.25, 0.3) is 10.8 Å². The first-order chi connectivity index (χ1) is 13.5. The van der Waals surface area contributed by atoms with Crippen LogP contribution in [0.15, 0.2) is 42.5 Å². The zero-order valence-electron chi connectivity index (χ0n) is 15.7. The molecule has 3 aromatic rings. The largest absolute Gasteiger partial charge is 0.465 e. The normalized spacial score (nSPS) is 10.5. The minimum Gasteiger partial charge on any atom is -0.465 e. The van der Waals surface area contributed by atoms with Gasteiger partial charge in [-0.15, -0.1) is 11.3 Å². The maximum atomic E-state index is 12.9. The summed E-state index contributed by atoms with van der Waals surface area (Å²) in [5.74, 6) is -1.54. The van der Waals surface area contributed by atoms with Gasteiger partial charge in [-0.3, -0.25) is 4.79 Å². The molecular formula is C21H19NO5S. The van der Waals surface area contributed by atoms with Crippen molar-refractivity contribution in [1.29, 1.82) is 0 Å². The predicted molar refractivity (Wildman–Crippen MR) is 108 cm³/mol. The van der Waals surface area contributed by atoms with Crippen molar-refractivity contribution in [1.82, 2.24) is 0 Å². The lowest BCUT2D eigenvalue weighted by atomic mass is 10.0. The summed E-state index contributed by atoms with van der Waals surface area (Å²) in [4.78, 5) is 37.7. The monoisotopic (exact) mass is 397 g/mol. The third-order valence-electron chi connectivity index (χ3n) is 4.26. The van der Waals surface area contributed by atoms with E-state index in [9.17, 15) is 14.4 Å². The molecule has 0 saturated carbocycles. The van der Waals surface area contributed by atoms with E-state index in [2.05, 4.69) is 5.32 Å². The molecule has 0 aliphatic heterocycles. The molecule has 0 fully saturated rings. The van der Waals surface area contributed by atoms with Gasteiger partial charge in [0.05, 0.1) is 19.3 Å². The van der Waals surface area contributed by atoms with Crippen LogP contribution in [0.5, 0.6) is 0 Å². The first-order valence-corrected chi connectivity index (χ1v) is 9.47. The minimum absolute atomic E-state index is 0.167. The standard InChI is InChI=1S/C21H19NO5S/c1-4-27-20(24)16-12(2)17(21(25)26-3)28-19(16)22-18(23)15-11-7-9-13-8-5-6-10-14(13)15/h5-11H,4H2,1-3H3,(H,22,23). The number of esters is 2. The molecule has 0 bridgehead atoms. The molecule has 6 nitrogen and oxygen atoms in total. The molecular weight excluding hydrogens is 378 g/mol. The van der Waals surface area contributed by atoms with Gasteiger partial charge in [0, 0.05) is 5.56 Å². The van der Waals surface area contributed by atoms with Crippen molar-refractivity contribution >= 4 is 45.0 Å². The average Bonchev–Trinajstić information content (AvgIpc) is 3.02. The van der Waals surface area contributed by atoms with Crippen molar-refractivity contribution in [3.05, 3.63) is 64.0 Å². The van der Waals surface area contributed by atoms with E-state index in [1.165, 1.54) is 7.11 Å². The fourth-order valence-electron chi connectivity index (χ4n) is 2.93. The Morgan fingerprint density at radius 3 is 2.46 bits per heavy atom. The maximum absolute atomic E-state index is 12.9. The number of amides is 1. The lowest BCUT2D eigenvalue weighted by Gasteiger charge is -2.09. The zero-order chi connectivity index (χ0) is 20.3. The third kappa shape index (κ3) is 3.61. The molecule has 0 radical (unpaired) electrons. The molecule has 0 aliphatic rings. The highest BCUT2D eigenvalue weighted by atomic mass is 32.1. The molecule has 0 saturated heterocycles. The van der Waals surface area contributed by atoms with Crippen molar-refractivity contribution in [3.63, 3.8) is 0 Å². The fraction of sp³-hybridized carbons (Fsp3) is 0.190. The van der Waals surface area contributed by atoms with Gasteiger partial charge >= 0.3 is 11.9 Å². The van der Waals surface area contributed by atoms with E-state index in [0.717, 1.165) is 22.1 Å². The van der Waals surface area contributed by atoms with E-state index < -0.39 is 11.9 Å². The third-order valence-corrected chi connectivity index (χ3v) is 5.45. The smallest absolute Gasteiger partial charge is 0.348 e. The van der Waals surface area contributed by atoms with Gasteiger partial charge in [0.1, 0.15) is 9.88 Å². The Morgan fingerprint density at radius 1 is 1.04 bits per heavy atom. The molecule has 1 amide bonds. The van der Waals surface area contributed by atoms with Crippen LogP contribution in [0.2, 0.25) is 0 Å². The van der Waals surface area contributed by atoms with Gasteiger partial charge in [-0.05, 0) is 36.2 Å². The molecule has 0 spiro atoms. The summed E-state index contributed by atoms with van der Waals surface area (Å²) in [7, 11) is 1.26. The second-order valence-electron chi connectivity index (χ2n) is 5.95. The quantitative estimate of drug-likeness (QED) is 0.644. The number of anilines is 1. The lowest BCUT2D eigenvalue weighted by molar-refractivity contribution is 0.0527.